The third-order valence-corrected chi connectivity index (χ3v) is 4.82. The third-order valence-electron chi connectivity index (χ3n) is 3.81. The fourth-order valence-electron chi connectivity index (χ4n) is 2.47. The molecule has 0 spiro atoms. The van der Waals surface area contributed by atoms with Crippen LogP contribution in [0.2, 0.25) is 0 Å². The largest absolute Gasteiger partial charge is 0.482 e. The first-order valence-corrected chi connectivity index (χ1v) is 9.29. The molecule has 0 aromatic heterocycles. The Morgan fingerprint density at radius 3 is 2.61 bits per heavy atom. The second-order valence-corrected chi connectivity index (χ2v) is 6.77. The first-order chi connectivity index (χ1) is 13.5. The van der Waals surface area contributed by atoms with E-state index < -0.39 is 18.4 Å². The number of benzene rings is 2. The minimum atomic E-state index is -1.06. The van der Waals surface area contributed by atoms with E-state index in [2.05, 4.69) is 4.99 Å². The molecule has 1 fully saturated rings. The molecule has 1 aliphatic rings. The number of aliphatic imine (C=N–C) groups is 1. The quantitative estimate of drug-likeness (QED) is 0.744. The van der Waals surface area contributed by atoms with E-state index in [0.717, 1.165) is 5.56 Å². The molecular weight excluding hydrogens is 383 g/mol. The van der Waals surface area contributed by atoms with Crippen molar-refractivity contribution in [1.82, 2.24) is 4.90 Å². The number of amides is 1. The van der Waals surface area contributed by atoms with Crippen molar-refractivity contribution in [2.45, 2.75) is 6.92 Å². The molecule has 3 rings (SSSR count). The van der Waals surface area contributed by atoms with Gasteiger partial charge in [-0.25, -0.2) is 14.2 Å². The fraction of sp³-hybridized carbons (Fsp3) is 0.150. The van der Waals surface area contributed by atoms with Crippen LogP contribution in [0.3, 0.4) is 0 Å². The SMILES string of the molecule is CCN1C(=O)/C(=C\c2ccc(OCC(=O)O)cc2)SC1=Nc1ccccc1F. The smallest absolute Gasteiger partial charge is 0.341 e. The fourth-order valence-corrected chi connectivity index (χ4v) is 3.53. The normalized spacial score (nSPS) is 16.8. The zero-order chi connectivity index (χ0) is 20.1. The number of rotatable bonds is 6. The van der Waals surface area contributed by atoms with Crippen LogP contribution >= 0.6 is 11.8 Å². The van der Waals surface area contributed by atoms with E-state index in [1.165, 1.54) is 22.7 Å². The summed E-state index contributed by atoms with van der Waals surface area (Å²) in [5.41, 5.74) is 0.930. The van der Waals surface area contributed by atoms with Crippen molar-refractivity contribution in [3.05, 3.63) is 64.8 Å². The van der Waals surface area contributed by atoms with Crippen LogP contribution in [0.25, 0.3) is 6.08 Å². The van der Waals surface area contributed by atoms with Crippen LogP contribution in [0, 0.1) is 5.82 Å². The standard InChI is InChI=1S/C20H17FN2O4S/c1-2-23-19(26)17(28-20(23)22-16-6-4-3-5-15(16)21)11-13-7-9-14(10-8-13)27-12-18(24)25/h3-11H,2,12H2,1H3,(H,24,25)/b17-11+,22-20?. The van der Waals surface area contributed by atoms with E-state index >= 15 is 0 Å². The lowest BCUT2D eigenvalue weighted by Crippen LogP contribution is -2.28. The number of hydrogen-bond acceptors (Lipinski definition) is 5. The number of carbonyl (C=O) groups excluding carboxylic acids is 1. The number of aliphatic carboxylic acids is 1. The van der Waals surface area contributed by atoms with Crippen molar-refractivity contribution in [3.8, 4) is 5.75 Å². The average molecular weight is 400 g/mol. The zero-order valence-electron chi connectivity index (χ0n) is 15.0. The van der Waals surface area contributed by atoms with Crippen LogP contribution in [0.5, 0.6) is 5.75 Å². The van der Waals surface area contributed by atoms with Gasteiger partial charge in [0.1, 0.15) is 17.3 Å². The molecule has 1 saturated heterocycles. The molecule has 1 heterocycles. The Hall–Kier alpha value is -3.13. The second kappa shape index (κ2) is 8.71. The van der Waals surface area contributed by atoms with Crippen molar-refractivity contribution >= 4 is 40.6 Å². The molecule has 2 aromatic carbocycles. The maximum absolute atomic E-state index is 13.9. The topological polar surface area (TPSA) is 79.2 Å². The van der Waals surface area contributed by atoms with Crippen LogP contribution in [-0.4, -0.2) is 40.2 Å². The van der Waals surface area contributed by atoms with Crippen LogP contribution < -0.4 is 4.74 Å². The van der Waals surface area contributed by atoms with Crippen LogP contribution in [0.1, 0.15) is 12.5 Å². The molecule has 0 saturated carbocycles. The van der Waals surface area contributed by atoms with Gasteiger partial charge in [0.25, 0.3) is 5.91 Å². The van der Waals surface area contributed by atoms with E-state index in [9.17, 15) is 14.0 Å². The molecule has 8 heteroatoms. The Bertz CT molecular complexity index is 957. The van der Waals surface area contributed by atoms with Gasteiger partial charge < -0.3 is 9.84 Å². The van der Waals surface area contributed by atoms with Gasteiger partial charge in [-0.1, -0.05) is 24.3 Å². The molecule has 144 valence electrons. The van der Waals surface area contributed by atoms with Gasteiger partial charge in [-0.15, -0.1) is 0 Å². The molecule has 0 atom stereocenters. The monoisotopic (exact) mass is 400 g/mol. The summed E-state index contributed by atoms with van der Waals surface area (Å²) < 4.78 is 19.0. The Morgan fingerprint density at radius 2 is 1.96 bits per heavy atom. The molecule has 0 radical (unpaired) electrons. The summed E-state index contributed by atoms with van der Waals surface area (Å²) in [4.78, 5) is 29.4. The van der Waals surface area contributed by atoms with Crippen molar-refractivity contribution in [1.29, 1.82) is 0 Å². The Balaban J connectivity index is 1.82. The zero-order valence-corrected chi connectivity index (χ0v) is 15.8. The van der Waals surface area contributed by atoms with Gasteiger partial charge in [0.2, 0.25) is 0 Å². The number of likely N-dealkylation sites (N-methyl/N-ethyl adjacent to an activating group) is 1. The van der Waals surface area contributed by atoms with Crippen molar-refractivity contribution in [3.63, 3.8) is 0 Å². The molecule has 2 aromatic rings. The lowest BCUT2D eigenvalue weighted by molar-refractivity contribution is -0.139. The maximum atomic E-state index is 13.9. The van der Waals surface area contributed by atoms with Gasteiger partial charge in [-0.3, -0.25) is 9.69 Å². The summed E-state index contributed by atoms with van der Waals surface area (Å²) in [6, 6.07) is 12.8. The third kappa shape index (κ3) is 4.58. The van der Waals surface area contributed by atoms with E-state index in [4.69, 9.17) is 9.84 Å². The number of amidine groups is 1. The second-order valence-electron chi connectivity index (χ2n) is 5.76. The Labute approximate surface area is 165 Å². The number of nitrogens with zero attached hydrogens (tertiary/aromatic N) is 2. The summed E-state index contributed by atoms with van der Waals surface area (Å²) in [5, 5.41) is 9.05. The average Bonchev–Trinajstić information content (AvgIpc) is 2.97. The summed E-state index contributed by atoms with van der Waals surface area (Å²) in [6.07, 6.45) is 1.71. The summed E-state index contributed by atoms with van der Waals surface area (Å²) in [7, 11) is 0. The highest BCUT2D eigenvalue weighted by Gasteiger charge is 2.32. The summed E-state index contributed by atoms with van der Waals surface area (Å²) in [6.45, 7) is 1.82. The van der Waals surface area contributed by atoms with Crippen LogP contribution in [0.15, 0.2) is 58.4 Å². The van der Waals surface area contributed by atoms with Gasteiger partial charge in [0.15, 0.2) is 11.8 Å². The lowest BCUT2D eigenvalue weighted by atomic mass is 10.2. The highest BCUT2D eigenvalue weighted by atomic mass is 32.2. The molecule has 0 unspecified atom stereocenters. The predicted molar refractivity (Wildman–Crippen MR) is 106 cm³/mol. The molecule has 1 amide bonds. The van der Waals surface area contributed by atoms with Gasteiger partial charge in [-0.2, -0.15) is 0 Å². The number of carboxylic acids is 1. The Kier molecular flexibility index (Phi) is 6.10. The van der Waals surface area contributed by atoms with Gasteiger partial charge in [-0.05, 0) is 54.6 Å². The number of hydrogen-bond donors (Lipinski definition) is 1. The Morgan fingerprint density at radius 1 is 1.25 bits per heavy atom. The van der Waals surface area contributed by atoms with Crippen molar-refractivity contribution in [2.75, 3.05) is 13.2 Å². The van der Waals surface area contributed by atoms with Gasteiger partial charge in [0.05, 0.1) is 4.91 Å². The molecule has 28 heavy (non-hydrogen) atoms. The number of carboxylic acid groups (broad SMARTS) is 1. The highest BCUT2D eigenvalue weighted by molar-refractivity contribution is 8.18. The molecule has 6 nitrogen and oxygen atoms in total. The number of ether oxygens (including phenoxy) is 1. The number of thioether (sulfide) groups is 1. The van der Waals surface area contributed by atoms with E-state index in [0.29, 0.717) is 22.4 Å². The van der Waals surface area contributed by atoms with Crippen molar-refractivity contribution in [2.24, 2.45) is 4.99 Å². The van der Waals surface area contributed by atoms with Gasteiger partial charge in [0, 0.05) is 6.54 Å². The predicted octanol–water partition coefficient (Wildman–Crippen LogP) is 3.91. The van der Waals surface area contributed by atoms with Gasteiger partial charge >= 0.3 is 5.97 Å². The first kappa shape index (κ1) is 19.6. The number of para-hydroxylation sites is 1. The highest BCUT2D eigenvalue weighted by Crippen LogP contribution is 2.34. The summed E-state index contributed by atoms with van der Waals surface area (Å²) in [5.74, 6) is -1.28. The van der Waals surface area contributed by atoms with E-state index in [-0.39, 0.29) is 11.6 Å². The molecular formula is C20H17FN2O4S. The molecule has 0 aliphatic carbocycles. The number of carbonyl (C=O) groups is 2. The minimum absolute atomic E-state index is 0.178. The van der Waals surface area contributed by atoms with Crippen LogP contribution in [0.4, 0.5) is 10.1 Å². The summed E-state index contributed by atoms with van der Waals surface area (Å²) >= 11 is 1.18. The van der Waals surface area contributed by atoms with Crippen LogP contribution in [-0.2, 0) is 9.59 Å². The number of halogens is 1. The van der Waals surface area contributed by atoms with E-state index in [1.54, 1.807) is 48.5 Å². The van der Waals surface area contributed by atoms with E-state index in [1.807, 2.05) is 6.92 Å². The molecule has 1 aliphatic heterocycles. The maximum Gasteiger partial charge on any atom is 0.341 e. The molecule has 1 N–H and O–H groups in total. The lowest BCUT2D eigenvalue weighted by Gasteiger charge is -2.12. The first-order valence-electron chi connectivity index (χ1n) is 8.47. The van der Waals surface area contributed by atoms with Crippen molar-refractivity contribution < 1.29 is 23.8 Å². The molecule has 0 bridgehead atoms. The minimum Gasteiger partial charge on any atom is -0.482 e.